The zero-order valence-corrected chi connectivity index (χ0v) is 19.1. The van der Waals surface area contributed by atoms with Crippen molar-refractivity contribution < 1.29 is 14.3 Å². The minimum Gasteiger partial charge on any atom is -0.494 e. The highest BCUT2D eigenvalue weighted by Crippen LogP contribution is 2.38. The summed E-state index contributed by atoms with van der Waals surface area (Å²) >= 11 is 0. The summed E-state index contributed by atoms with van der Waals surface area (Å²) in [6.45, 7) is 7.11. The normalized spacial score (nSPS) is 12.9. The van der Waals surface area contributed by atoms with Gasteiger partial charge in [0.05, 0.1) is 20.3 Å². The molecule has 2 heterocycles. The van der Waals surface area contributed by atoms with Gasteiger partial charge in [0.1, 0.15) is 16.8 Å². The van der Waals surface area contributed by atoms with E-state index in [-0.39, 0.29) is 5.91 Å². The van der Waals surface area contributed by atoms with Crippen molar-refractivity contribution in [2.45, 2.75) is 13.3 Å². The Bertz CT molecular complexity index is 1220. The number of methoxy groups -OCH3 is 2. The molecule has 1 aliphatic heterocycles. The molecule has 3 N–H and O–H groups in total. The molecule has 0 fully saturated rings. The molecule has 1 aliphatic rings. The van der Waals surface area contributed by atoms with Crippen molar-refractivity contribution in [3.8, 4) is 16.9 Å². The maximum Gasteiger partial charge on any atom is 0.255 e. The molecule has 1 aromatic heterocycles. The lowest BCUT2D eigenvalue weighted by molar-refractivity contribution is -0.112. The summed E-state index contributed by atoms with van der Waals surface area (Å²) in [5.41, 5.74) is 6.44. The van der Waals surface area contributed by atoms with Gasteiger partial charge in [0.25, 0.3) is 5.91 Å². The van der Waals surface area contributed by atoms with Gasteiger partial charge in [0.2, 0.25) is 5.95 Å². The zero-order valence-electron chi connectivity index (χ0n) is 19.1. The number of amides is 1. The van der Waals surface area contributed by atoms with Gasteiger partial charge < -0.3 is 19.8 Å². The molecule has 0 saturated carbocycles. The van der Waals surface area contributed by atoms with E-state index in [2.05, 4.69) is 39.6 Å². The Labute approximate surface area is 192 Å². The van der Waals surface area contributed by atoms with E-state index in [4.69, 9.17) is 14.5 Å². The number of rotatable bonds is 9. The molecule has 33 heavy (non-hydrogen) atoms. The molecule has 0 bridgehead atoms. The van der Waals surface area contributed by atoms with Crippen LogP contribution in [0.5, 0.6) is 5.75 Å². The molecule has 0 saturated heterocycles. The number of carbonyl (C=O) groups excluding carboxylic acids is 1. The first-order chi connectivity index (χ1) is 16.0. The Morgan fingerprint density at radius 1 is 1.30 bits per heavy atom. The van der Waals surface area contributed by atoms with Gasteiger partial charge in [-0.3, -0.25) is 15.1 Å². The molecular formula is C24H28N6O3. The summed E-state index contributed by atoms with van der Waals surface area (Å²) < 4.78 is 10.6. The van der Waals surface area contributed by atoms with E-state index >= 15 is 0 Å². The van der Waals surface area contributed by atoms with Crippen molar-refractivity contribution >= 4 is 35.3 Å². The number of anilines is 2. The minimum atomic E-state index is -0.301. The molecular weight excluding hydrogens is 420 g/mol. The van der Waals surface area contributed by atoms with Crippen molar-refractivity contribution in [1.82, 2.24) is 15.0 Å². The predicted octanol–water partition coefficient (Wildman–Crippen LogP) is 3.61. The zero-order chi connectivity index (χ0) is 23.4. The Balaban J connectivity index is 1.67. The van der Waals surface area contributed by atoms with Crippen LogP contribution < -0.4 is 15.4 Å². The van der Waals surface area contributed by atoms with E-state index in [9.17, 15) is 4.79 Å². The second-order valence-corrected chi connectivity index (χ2v) is 7.70. The Kier molecular flexibility index (Phi) is 6.60. The molecule has 0 spiro atoms. The van der Waals surface area contributed by atoms with Crippen LogP contribution in [0.3, 0.4) is 0 Å². The summed E-state index contributed by atoms with van der Waals surface area (Å²) in [5, 5.41) is 11.7. The maximum absolute atomic E-state index is 12.8. The van der Waals surface area contributed by atoms with Gasteiger partial charge in [-0.05, 0) is 42.7 Å². The number of hydrogen-bond donors (Lipinski definition) is 3. The third kappa shape index (κ3) is 4.54. The average Bonchev–Trinajstić information content (AvgIpc) is 3.47. The maximum atomic E-state index is 12.8. The number of nitrogens with one attached hydrogen (secondary N) is 3. The summed E-state index contributed by atoms with van der Waals surface area (Å²) in [6.07, 6.45) is 2.57. The van der Waals surface area contributed by atoms with Crippen molar-refractivity contribution in [2.24, 2.45) is 5.10 Å². The van der Waals surface area contributed by atoms with Crippen LogP contribution in [0.2, 0.25) is 0 Å². The molecule has 3 aromatic rings. The Morgan fingerprint density at radius 3 is 2.91 bits per heavy atom. The average molecular weight is 449 g/mol. The summed E-state index contributed by atoms with van der Waals surface area (Å²) in [7, 11) is 3.22. The largest absolute Gasteiger partial charge is 0.494 e. The predicted molar refractivity (Wildman–Crippen MR) is 131 cm³/mol. The molecule has 1 amide bonds. The molecule has 2 aromatic carbocycles. The first-order valence-corrected chi connectivity index (χ1v) is 10.7. The van der Waals surface area contributed by atoms with Gasteiger partial charge in [-0.2, -0.15) is 5.10 Å². The van der Waals surface area contributed by atoms with Crippen LogP contribution in [-0.2, 0) is 16.0 Å². The lowest BCUT2D eigenvalue weighted by atomic mass is 9.96. The van der Waals surface area contributed by atoms with E-state index in [1.54, 1.807) is 32.4 Å². The van der Waals surface area contributed by atoms with Gasteiger partial charge in [-0.15, -0.1) is 0 Å². The summed E-state index contributed by atoms with van der Waals surface area (Å²) in [4.78, 5) is 20.7. The minimum absolute atomic E-state index is 0.301. The number of fused-ring (bicyclic) bond motifs is 2. The highest BCUT2D eigenvalue weighted by molar-refractivity contribution is 6.04. The van der Waals surface area contributed by atoms with Crippen molar-refractivity contribution in [3.05, 3.63) is 47.7 Å². The highest BCUT2D eigenvalue weighted by atomic mass is 16.5. The van der Waals surface area contributed by atoms with Crippen LogP contribution in [0.4, 0.5) is 11.6 Å². The van der Waals surface area contributed by atoms with Gasteiger partial charge in [-0.1, -0.05) is 12.1 Å². The fraction of sp³-hybridized carbons (Fsp3) is 0.292. The first kappa shape index (κ1) is 22.3. The van der Waals surface area contributed by atoms with Gasteiger partial charge in [0, 0.05) is 43.4 Å². The van der Waals surface area contributed by atoms with Crippen molar-refractivity contribution in [3.63, 3.8) is 0 Å². The smallest absolute Gasteiger partial charge is 0.255 e. The van der Waals surface area contributed by atoms with E-state index in [0.29, 0.717) is 30.4 Å². The number of carbonyl (C=O) groups is 1. The molecule has 4 rings (SSSR count). The van der Waals surface area contributed by atoms with Crippen LogP contribution >= 0.6 is 0 Å². The molecule has 0 radical (unpaired) electrons. The monoisotopic (exact) mass is 448 g/mol. The van der Waals surface area contributed by atoms with E-state index in [0.717, 1.165) is 40.8 Å². The lowest BCUT2D eigenvalue weighted by Gasteiger charge is -2.14. The molecule has 9 heteroatoms. The van der Waals surface area contributed by atoms with Crippen molar-refractivity contribution in [2.75, 3.05) is 44.5 Å². The number of aromatic amines is 1. The number of imidazole rings is 1. The van der Waals surface area contributed by atoms with Crippen LogP contribution in [0.15, 0.2) is 47.2 Å². The fourth-order valence-electron chi connectivity index (χ4n) is 3.96. The van der Waals surface area contributed by atoms with Crippen molar-refractivity contribution in [1.29, 1.82) is 0 Å². The Hall–Kier alpha value is -3.85. The summed E-state index contributed by atoms with van der Waals surface area (Å²) in [5.74, 6) is 0.695. The third-order valence-electron chi connectivity index (χ3n) is 5.62. The van der Waals surface area contributed by atoms with E-state index in [1.807, 2.05) is 18.2 Å². The number of hydrazone groups is 1. The summed E-state index contributed by atoms with van der Waals surface area (Å²) in [6, 6.07) is 10.2. The van der Waals surface area contributed by atoms with Gasteiger partial charge >= 0.3 is 0 Å². The molecule has 0 atom stereocenters. The molecule has 172 valence electrons. The molecule has 0 aliphatic carbocycles. The number of H-pyrrole nitrogens is 1. The van der Waals surface area contributed by atoms with Gasteiger partial charge in [0.15, 0.2) is 0 Å². The number of benzene rings is 2. The SMILES string of the molecule is C=NN(/C=C(\C)C(=O)Nc1nc2c(-c3cccc4c3CCN4)ccc(OC)c2[nH]1)CCOC. The Morgan fingerprint density at radius 2 is 2.15 bits per heavy atom. The number of aromatic nitrogens is 2. The van der Waals surface area contributed by atoms with Crippen LogP contribution in [0.25, 0.3) is 22.2 Å². The molecule has 0 unspecified atom stereocenters. The number of ether oxygens (including phenoxy) is 2. The van der Waals surface area contributed by atoms with Crippen LogP contribution in [0.1, 0.15) is 12.5 Å². The third-order valence-corrected chi connectivity index (χ3v) is 5.62. The molecule has 9 nitrogen and oxygen atoms in total. The first-order valence-electron chi connectivity index (χ1n) is 10.7. The number of nitrogens with zero attached hydrogens (tertiary/aromatic N) is 3. The highest BCUT2D eigenvalue weighted by Gasteiger charge is 2.20. The second-order valence-electron chi connectivity index (χ2n) is 7.70. The number of hydrogen-bond acceptors (Lipinski definition) is 7. The van der Waals surface area contributed by atoms with E-state index < -0.39 is 0 Å². The topological polar surface area (TPSA) is 104 Å². The van der Waals surface area contributed by atoms with Crippen LogP contribution in [-0.4, -0.2) is 61.5 Å². The lowest BCUT2D eigenvalue weighted by Crippen LogP contribution is -2.20. The fourth-order valence-corrected chi connectivity index (χ4v) is 3.96. The second kappa shape index (κ2) is 9.74. The quantitative estimate of drug-likeness (QED) is 0.262. The van der Waals surface area contributed by atoms with E-state index in [1.165, 1.54) is 5.56 Å². The van der Waals surface area contributed by atoms with Gasteiger partial charge in [-0.25, -0.2) is 4.98 Å². The van der Waals surface area contributed by atoms with Crippen LogP contribution in [0, 0.1) is 0 Å². The standard InChI is InChI=1S/C24H28N6O3/c1-15(14-30(25-2)12-13-32-3)23(31)29-24-27-21-18(8-9-20(33-4)22(21)28-24)16-6-5-7-19-17(16)10-11-26-19/h5-9,14,26H,2,10-13H2,1,3-4H3,(H2,27,28,29,31)/b15-14+.